The molecule has 1 atom stereocenters. The largest absolute Gasteiger partial charge is 0.300 e. The molecule has 0 aromatic heterocycles. The number of hydrogen-bond donors (Lipinski definition) is 0. The summed E-state index contributed by atoms with van der Waals surface area (Å²) in [6.45, 7) is 6.64. The lowest BCUT2D eigenvalue weighted by molar-refractivity contribution is -0.121. The summed E-state index contributed by atoms with van der Waals surface area (Å²) in [4.78, 5) is 12.2. The third-order valence-electron chi connectivity index (χ3n) is 6.51. The molecule has 0 heterocycles. The van der Waals surface area contributed by atoms with Gasteiger partial charge in [-0.15, -0.1) is 0 Å². The van der Waals surface area contributed by atoms with Crippen molar-refractivity contribution in [2.45, 2.75) is 130 Å². The molecule has 29 heavy (non-hydrogen) atoms. The maximum Gasteiger partial charge on any atom is 0.133 e. The van der Waals surface area contributed by atoms with Crippen molar-refractivity contribution in [1.29, 1.82) is 0 Å². The molecule has 1 rings (SSSR count). The van der Waals surface area contributed by atoms with Gasteiger partial charge in [0, 0.05) is 12.8 Å². The number of rotatable bonds is 19. The molecule has 0 radical (unpaired) electrons. The van der Waals surface area contributed by atoms with Gasteiger partial charge in [-0.1, -0.05) is 128 Å². The van der Waals surface area contributed by atoms with Crippen LogP contribution in [0.4, 0.5) is 0 Å². The van der Waals surface area contributed by atoms with Crippen molar-refractivity contribution in [2.75, 3.05) is 0 Å². The summed E-state index contributed by atoms with van der Waals surface area (Å²) < 4.78 is 0. The van der Waals surface area contributed by atoms with E-state index in [1.807, 2.05) is 6.92 Å². The molecule has 1 nitrogen and oxygen atoms in total. The molecule has 0 saturated heterocycles. The van der Waals surface area contributed by atoms with E-state index >= 15 is 0 Å². The summed E-state index contributed by atoms with van der Waals surface area (Å²) in [7, 11) is 0. The minimum Gasteiger partial charge on any atom is -0.300 e. The van der Waals surface area contributed by atoms with Gasteiger partial charge >= 0.3 is 0 Å². The highest BCUT2D eigenvalue weighted by Crippen LogP contribution is 2.35. The van der Waals surface area contributed by atoms with Crippen molar-refractivity contribution in [3.05, 3.63) is 35.9 Å². The standard InChI is InChI=1S/C28H48O/c1-4-6-7-8-9-10-11-12-13-14-15-19-23-28(3,25-27(29)5-2)24-22-26-20-17-16-18-21-26/h16-18,20-21H,4-15,19,22-25H2,1-3H3/t28-/m0/s1. The Hall–Kier alpha value is -1.11. The lowest BCUT2D eigenvalue weighted by Crippen LogP contribution is -2.22. The third kappa shape index (κ3) is 13.7. The molecule has 0 N–H and O–H groups in total. The van der Waals surface area contributed by atoms with Crippen molar-refractivity contribution >= 4 is 5.78 Å². The Morgan fingerprint density at radius 1 is 0.724 bits per heavy atom. The van der Waals surface area contributed by atoms with Crippen LogP contribution in [0.3, 0.4) is 0 Å². The van der Waals surface area contributed by atoms with Gasteiger partial charge in [-0.2, -0.15) is 0 Å². The average Bonchev–Trinajstić information content (AvgIpc) is 2.74. The highest BCUT2D eigenvalue weighted by atomic mass is 16.1. The predicted octanol–water partition coefficient (Wildman–Crippen LogP) is 9.09. The average molecular weight is 401 g/mol. The topological polar surface area (TPSA) is 17.1 Å². The summed E-state index contributed by atoms with van der Waals surface area (Å²) in [5.74, 6) is 0.430. The van der Waals surface area contributed by atoms with E-state index < -0.39 is 0 Å². The van der Waals surface area contributed by atoms with Crippen LogP contribution in [-0.2, 0) is 11.2 Å². The first-order chi connectivity index (χ1) is 14.1. The van der Waals surface area contributed by atoms with Gasteiger partial charge in [-0.3, -0.25) is 4.79 Å². The summed E-state index contributed by atoms with van der Waals surface area (Å²) in [6, 6.07) is 10.7. The first-order valence-corrected chi connectivity index (χ1v) is 12.7. The van der Waals surface area contributed by atoms with Crippen molar-refractivity contribution in [3.63, 3.8) is 0 Å². The normalized spacial score (nSPS) is 13.3. The van der Waals surface area contributed by atoms with E-state index in [0.717, 1.165) is 19.3 Å². The Morgan fingerprint density at radius 2 is 1.24 bits per heavy atom. The van der Waals surface area contributed by atoms with Crippen molar-refractivity contribution in [3.8, 4) is 0 Å². The molecule has 1 aromatic rings. The molecule has 0 fully saturated rings. The highest BCUT2D eigenvalue weighted by molar-refractivity contribution is 5.78. The molecule has 0 bridgehead atoms. The van der Waals surface area contributed by atoms with Crippen LogP contribution in [0, 0.1) is 5.41 Å². The first-order valence-electron chi connectivity index (χ1n) is 12.7. The minimum atomic E-state index is 0.168. The van der Waals surface area contributed by atoms with Gasteiger partial charge < -0.3 is 0 Å². The fraction of sp³-hybridized carbons (Fsp3) is 0.750. The van der Waals surface area contributed by atoms with Crippen LogP contribution >= 0.6 is 0 Å². The van der Waals surface area contributed by atoms with E-state index in [2.05, 4.69) is 44.2 Å². The molecule has 166 valence electrons. The molecule has 1 heteroatoms. The number of carbonyl (C=O) groups excluding carboxylic acids is 1. The summed E-state index contributed by atoms with van der Waals surface area (Å²) in [5.41, 5.74) is 1.57. The van der Waals surface area contributed by atoms with Crippen LogP contribution in [0.25, 0.3) is 0 Å². The zero-order valence-corrected chi connectivity index (χ0v) is 19.8. The zero-order valence-electron chi connectivity index (χ0n) is 19.8. The van der Waals surface area contributed by atoms with Crippen LogP contribution in [-0.4, -0.2) is 5.78 Å². The van der Waals surface area contributed by atoms with Gasteiger partial charge in [-0.25, -0.2) is 0 Å². The lowest BCUT2D eigenvalue weighted by Gasteiger charge is -2.29. The summed E-state index contributed by atoms with van der Waals surface area (Å²) >= 11 is 0. The Balaban J connectivity index is 2.19. The van der Waals surface area contributed by atoms with Gasteiger partial charge in [-0.05, 0) is 30.2 Å². The summed E-state index contributed by atoms with van der Waals surface area (Å²) in [5, 5.41) is 0. The molecule has 0 saturated carbocycles. The van der Waals surface area contributed by atoms with Crippen LogP contribution < -0.4 is 0 Å². The Labute approximate surface area is 182 Å². The summed E-state index contributed by atoms with van der Waals surface area (Å²) in [6.07, 6.45) is 21.5. The maximum absolute atomic E-state index is 12.2. The van der Waals surface area contributed by atoms with E-state index in [0.29, 0.717) is 12.2 Å². The van der Waals surface area contributed by atoms with Crippen molar-refractivity contribution in [2.24, 2.45) is 5.41 Å². The number of aryl methyl sites for hydroxylation is 1. The Bertz CT molecular complexity index is 506. The molecule has 0 unspecified atom stereocenters. The molecule has 0 aliphatic heterocycles. The second-order valence-electron chi connectivity index (χ2n) is 9.50. The fourth-order valence-electron chi connectivity index (χ4n) is 4.39. The Morgan fingerprint density at radius 3 is 1.76 bits per heavy atom. The second-order valence-corrected chi connectivity index (χ2v) is 9.50. The quantitative estimate of drug-likeness (QED) is 0.212. The number of ketones is 1. The first kappa shape index (κ1) is 25.9. The molecule has 0 spiro atoms. The SMILES string of the molecule is CCCCCCCCCCCCCC[C@@](C)(CCc1ccccc1)CC(=O)CC. The van der Waals surface area contributed by atoms with Gasteiger partial charge in [0.25, 0.3) is 0 Å². The van der Waals surface area contributed by atoms with E-state index in [1.165, 1.54) is 89.0 Å². The molecule has 0 amide bonds. The third-order valence-corrected chi connectivity index (χ3v) is 6.51. The smallest absolute Gasteiger partial charge is 0.133 e. The fourth-order valence-corrected chi connectivity index (χ4v) is 4.39. The number of unbranched alkanes of at least 4 members (excludes halogenated alkanes) is 11. The molecule has 1 aromatic carbocycles. The highest BCUT2D eigenvalue weighted by Gasteiger charge is 2.26. The number of carbonyl (C=O) groups is 1. The van der Waals surface area contributed by atoms with Crippen molar-refractivity contribution in [1.82, 2.24) is 0 Å². The lowest BCUT2D eigenvalue weighted by atomic mass is 9.75. The molecular weight excluding hydrogens is 352 g/mol. The monoisotopic (exact) mass is 400 g/mol. The predicted molar refractivity (Wildman–Crippen MR) is 128 cm³/mol. The van der Waals surface area contributed by atoms with Crippen LogP contribution in [0.1, 0.15) is 129 Å². The molecule has 0 aliphatic carbocycles. The Kier molecular flexibility index (Phi) is 14.9. The maximum atomic E-state index is 12.2. The van der Waals surface area contributed by atoms with E-state index in [-0.39, 0.29) is 5.41 Å². The van der Waals surface area contributed by atoms with Gasteiger partial charge in [0.2, 0.25) is 0 Å². The molecule has 0 aliphatic rings. The van der Waals surface area contributed by atoms with Crippen LogP contribution in [0.2, 0.25) is 0 Å². The number of Topliss-reactive ketones (excluding diaryl/α,β-unsaturated/α-hetero) is 1. The van der Waals surface area contributed by atoms with E-state index in [1.54, 1.807) is 0 Å². The van der Waals surface area contributed by atoms with Crippen LogP contribution in [0.15, 0.2) is 30.3 Å². The van der Waals surface area contributed by atoms with E-state index in [9.17, 15) is 4.79 Å². The number of hydrogen-bond acceptors (Lipinski definition) is 1. The second kappa shape index (κ2) is 16.7. The zero-order chi connectivity index (χ0) is 21.2. The van der Waals surface area contributed by atoms with Gasteiger partial charge in [0.05, 0.1) is 0 Å². The van der Waals surface area contributed by atoms with Gasteiger partial charge in [0.1, 0.15) is 5.78 Å². The van der Waals surface area contributed by atoms with Crippen molar-refractivity contribution < 1.29 is 4.79 Å². The minimum absolute atomic E-state index is 0.168. The van der Waals surface area contributed by atoms with E-state index in [4.69, 9.17) is 0 Å². The van der Waals surface area contributed by atoms with Gasteiger partial charge in [0.15, 0.2) is 0 Å². The number of benzene rings is 1. The van der Waals surface area contributed by atoms with Crippen LogP contribution in [0.5, 0.6) is 0 Å². The molecular formula is C28H48O.